The van der Waals surface area contributed by atoms with Crippen molar-refractivity contribution in [1.29, 1.82) is 0 Å². The Morgan fingerprint density at radius 2 is 1.88 bits per heavy atom. The molecule has 7 nitrogen and oxygen atoms in total. The van der Waals surface area contributed by atoms with Crippen LogP contribution in [0.4, 0.5) is 0 Å². The van der Waals surface area contributed by atoms with Crippen LogP contribution in [0.2, 0.25) is 0 Å². The molecule has 0 N–H and O–H groups in total. The third kappa shape index (κ3) is 5.82. The molecule has 1 unspecified atom stereocenters. The summed E-state index contributed by atoms with van der Waals surface area (Å²) >= 11 is 1.54. The molecule has 4 rings (SSSR count). The van der Waals surface area contributed by atoms with Crippen molar-refractivity contribution < 1.29 is 17.9 Å². The van der Waals surface area contributed by atoms with Crippen molar-refractivity contribution in [2.45, 2.75) is 68.3 Å². The fourth-order valence-electron chi connectivity index (χ4n) is 3.76. The number of imidazole rings is 1. The molecule has 1 atom stereocenters. The highest BCUT2D eigenvalue weighted by atomic mass is 32.2. The van der Waals surface area contributed by atoms with Gasteiger partial charge in [0.15, 0.2) is 5.16 Å². The Morgan fingerprint density at radius 1 is 1.18 bits per heavy atom. The molecule has 0 spiro atoms. The number of fused-ring (bicyclic) bond motifs is 1. The number of benzene rings is 2. The van der Waals surface area contributed by atoms with E-state index in [-0.39, 0.29) is 24.7 Å². The molecule has 1 saturated carbocycles. The second-order valence-electron chi connectivity index (χ2n) is 8.54. The number of rotatable bonds is 12. The first-order chi connectivity index (χ1) is 16.4. The summed E-state index contributed by atoms with van der Waals surface area (Å²) in [5, 5.41) is 0.742. The number of para-hydroxylation sites is 2. The van der Waals surface area contributed by atoms with Crippen LogP contribution in [0.25, 0.3) is 11.0 Å². The monoisotopic (exact) mass is 501 g/mol. The molecule has 2 aromatic carbocycles. The lowest BCUT2D eigenvalue weighted by Gasteiger charge is -2.21. The smallest absolute Gasteiger partial charge is 0.326 e. The summed E-state index contributed by atoms with van der Waals surface area (Å²) in [6, 6.07) is 16.5. The van der Waals surface area contributed by atoms with Gasteiger partial charge in [0.25, 0.3) is 0 Å². The number of sulfonamides is 1. The lowest BCUT2D eigenvalue weighted by molar-refractivity contribution is -0.149. The maximum Gasteiger partial charge on any atom is 0.326 e. The molecule has 0 amide bonds. The van der Waals surface area contributed by atoms with E-state index in [9.17, 15) is 13.2 Å². The van der Waals surface area contributed by atoms with Gasteiger partial charge in [0.05, 0.1) is 22.0 Å². The van der Waals surface area contributed by atoms with Crippen molar-refractivity contribution in [2.75, 3.05) is 12.3 Å². The highest BCUT2D eigenvalue weighted by Gasteiger charge is 2.37. The normalized spacial score (nSPS) is 15.0. The molecule has 0 saturated heterocycles. The molecule has 0 bridgehead atoms. The molecule has 0 aliphatic heterocycles. The number of hydrogen-bond acceptors (Lipinski definition) is 6. The van der Waals surface area contributed by atoms with Crippen LogP contribution >= 0.6 is 11.8 Å². The van der Waals surface area contributed by atoms with Gasteiger partial charge in [-0.15, -0.1) is 0 Å². The number of carbonyl (C=O) groups excluding carboxylic acids is 1. The average Bonchev–Trinajstić information content (AvgIpc) is 3.62. The van der Waals surface area contributed by atoms with Gasteiger partial charge in [-0.3, -0.25) is 4.79 Å². The van der Waals surface area contributed by atoms with Crippen molar-refractivity contribution in [3.8, 4) is 0 Å². The lowest BCUT2D eigenvalue weighted by Crippen LogP contribution is -2.34. The average molecular weight is 502 g/mol. The third-order valence-corrected chi connectivity index (χ3v) is 8.90. The van der Waals surface area contributed by atoms with E-state index in [0.717, 1.165) is 35.5 Å². The maximum absolute atomic E-state index is 13.1. The number of nitrogens with zero attached hydrogens (tertiary/aromatic N) is 3. The highest BCUT2D eigenvalue weighted by molar-refractivity contribution is 7.99. The minimum atomic E-state index is -3.50. The van der Waals surface area contributed by atoms with Crippen molar-refractivity contribution in [2.24, 2.45) is 0 Å². The van der Waals surface area contributed by atoms with Gasteiger partial charge in [0, 0.05) is 18.3 Å². The number of ether oxygens (including phenoxy) is 1. The molecule has 1 fully saturated rings. The van der Waals surface area contributed by atoms with Gasteiger partial charge < -0.3 is 9.30 Å². The molecule has 1 aromatic heterocycles. The van der Waals surface area contributed by atoms with Crippen LogP contribution in [-0.2, 0) is 26.1 Å². The van der Waals surface area contributed by atoms with Crippen LogP contribution in [0.3, 0.4) is 0 Å². The number of esters is 1. The lowest BCUT2D eigenvalue weighted by atomic mass is 10.3. The predicted octanol–water partition coefficient (Wildman–Crippen LogP) is 4.71. The summed E-state index contributed by atoms with van der Waals surface area (Å²) in [6.45, 7) is 4.43. The van der Waals surface area contributed by atoms with E-state index < -0.39 is 10.0 Å². The van der Waals surface area contributed by atoms with Crippen LogP contribution in [0.1, 0.15) is 39.5 Å². The Balaban J connectivity index is 1.43. The molecular formula is C25H31N3O4S2. The van der Waals surface area contributed by atoms with Crippen molar-refractivity contribution >= 4 is 38.8 Å². The zero-order valence-corrected chi connectivity index (χ0v) is 21.2. The first kappa shape index (κ1) is 24.8. The Bertz CT molecular complexity index is 1220. The van der Waals surface area contributed by atoms with Crippen LogP contribution in [0.5, 0.6) is 0 Å². The van der Waals surface area contributed by atoms with E-state index in [1.807, 2.05) is 48.7 Å². The number of carbonyl (C=O) groups is 1. The number of thioether (sulfide) groups is 1. The van der Waals surface area contributed by atoms with E-state index in [1.54, 1.807) is 40.3 Å². The van der Waals surface area contributed by atoms with Crippen LogP contribution in [-0.4, -0.2) is 52.7 Å². The summed E-state index contributed by atoms with van der Waals surface area (Å²) in [5.41, 5.74) is 1.71. The van der Waals surface area contributed by atoms with Crippen molar-refractivity contribution in [3.63, 3.8) is 0 Å². The minimum absolute atomic E-state index is 0.0927. The maximum atomic E-state index is 13.1. The van der Waals surface area contributed by atoms with Gasteiger partial charge >= 0.3 is 5.97 Å². The van der Waals surface area contributed by atoms with Crippen molar-refractivity contribution in [3.05, 3.63) is 54.6 Å². The molecule has 9 heteroatoms. The first-order valence-corrected chi connectivity index (χ1v) is 14.2. The largest absolute Gasteiger partial charge is 0.461 e. The molecule has 182 valence electrons. The summed E-state index contributed by atoms with van der Waals surface area (Å²) in [4.78, 5) is 17.5. The Labute approximate surface area is 205 Å². The van der Waals surface area contributed by atoms with Gasteiger partial charge in [-0.2, -0.15) is 4.31 Å². The minimum Gasteiger partial charge on any atom is -0.461 e. The zero-order chi connectivity index (χ0) is 24.1. The van der Waals surface area contributed by atoms with Crippen molar-refractivity contribution in [1.82, 2.24) is 13.9 Å². The molecular weight excluding hydrogens is 470 g/mol. The molecule has 1 aliphatic carbocycles. The zero-order valence-electron chi connectivity index (χ0n) is 19.6. The SMILES string of the molecule is CCC(C)OC(=O)Cn1c(SCCCN(C2CC2)S(=O)(=O)c2ccccc2)nc2ccccc21. The van der Waals surface area contributed by atoms with E-state index in [0.29, 0.717) is 23.6 Å². The highest BCUT2D eigenvalue weighted by Crippen LogP contribution is 2.33. The first-order valence-electron chi connectivity index (χ1n) is 11.7. The molecule has 1 aliphatic rings. The van der Waals surface area contributed by atoms with E-state index in [1.165, 1.54) is 0 Å². The second-order valence-corrected chi connectivity index (χ2v) is 11.5. The number of aromatic nitrogens is 2. The summed E-state index contributed by atoms with van der Waals surface area (Å²) < 4.78 is 35.3. The molecule has 3 aromatic rings. The van der Waals surface area contributed by atoms with E-state index in [4.69, 9.17) is 9.72 Å². The molecule has 1 heterocycles. The Hall–Kier alpha value is -2.36. The van der Waals surface area contributed by atoms with Crippen LogP contribution < -0.4 is 0 Å². The topological polar surface area (TPSA) is 81.5 Å². The van der Waals surface area contributed by atoms with E-state index >= 15 is 0 Å². The van der Waals surface area contributed by atoms with E-state index in [2.05, 4.69) is 0 Å². The summed E-state index contributed by atoms with van der Waals surface area (Å²) in [7, 11) is -3.50. The fraction of sp³-hybridized carbons (Fsp3) is 0.440. The summed E-state index contributed by atoms with van der Waals surface area (Å²) in [6.07, 6.45) is 3.15. The third-order valence-electron chi connectivity index (χ3n) is 5.87. The number of hydrogen-bond donors (Lipinski definition) is 0. The fourth-order valence-corrected chi connectivity index (χ4v) is 6.45. The standard InChI is InChI=1S/C25H31N3O4S2/c1-3-19(2)32-24(29)18-27-23-13-8-7-12-22(23)26-25(27)33-17-9-16-28(20-14-15-20)34(30,31)21-10-5-4-6-11-21/h4-8,10-13,19-20H,3,9,14-18H2,1-2H3. The van der Waals surface area contributed by atoms with Gasteiger partial charge in [-0.05, 0) is 56.9 Å². The van der Waals surface area contributed by atoms with Gasteiger partial charge in [0.1, 0.15) is 6.54 Å². The van der Waals surface area contributed by atoms with Crippen LogP contribution in [0.15, 0.2) is 64.6 Å². The summed E-state index contributed by atoms with van der Waals surface area (Å²) in [5.74, 6) is 0.408. The predicted molar refractivity (Wildman–Crippen MR) is 134 cm³/mol. The van der Waals surface area contributed by atoms with Gasteiger partial charge in [-0.25, -0.2) is 13.4 Å². The second kappa shape index (κ2) is 10.9. The van der Waals surface area contributed by atoms with Gasteiger partial charge in [0.2, 0.25) is 10.0 Å². The quantitative estimate of drug-likeness (QED) is 0.203. The van der Waals surface area contributed by atoms with Gasteiger partial charge in [-0.1, -0.05) is 49.0 Å². The molecule has 34 heavy (non-hydrogen) atoms. The Kier molecular flexibility index (Phi) is 7.95. The van der Waals surface area contributed by atoms with Crippen LogP contribution in [0, 0.1) is 0 Å². The molecule has 0 radical (unpaired) electrons. The Morgan fingerprint density at radius 3 is 2.59 bits per heavy atom.